The summed E-state index contributed by atoms with van der Waals surface area (Å²) in [6.07, 6.45) is 15.9. The van der Waals surface area contributed by atoms with Gasteiger partial charge in [0.1, 0.15) is 0 Å². The lowest BCUT2D eigenvalue weighted by molar-refractivity contribution is 0.205. The molecular formula is C16H28N2. The van der Waals surface area contributed by atoms with E-state index in [0.717, 1.165) is 24.8 Å². The smallest absolute Gasteiger partial charge is 0.0223 e. The van der Waals surface area contributed by atoms with Gasteiger partial charge in [-0.2, -0.15) is 0 Å². The van der Waals surface area contributed by atoms with Crippen molar-refractivity contribution < 1.29 is 0 Å². The zero-order valence-electron chi connectivity index (χ0n) is 11.7. The van der Waals surface area contributed by atoms with E-state index in [1.54, 1.807) is 0 Å². The van der Waals surface area contributed by atoms with Crippen LogP contribution in [0.25, 0.3) is 0 Å². The summed E-state index contributed by atoms with van der Waals surface area (Å²) in [5.41, 5.74) is 0. The van der Waals surface area contributed by atoms with Crippen molar-refractivity contribution in [1.82, 2.24) is 10.2 Å². The van der Waals surface area contributed by atoms with Gasteiger partial charge in [0.25, 0.3) is 0 Å². The van der Waals surface area contributed by atoms with Crippen LogP contribution in [0.15, 0.2) is 0 Å². The molecule has 1 heterocycles. The van der Waals surface area contributed by atoms with E-state index in [2.05, 4.69) is 16.1 Å². The number of unbranched alkanes of at least 4 members (excludes halogenated alkanes) is 1. The second-order valence-electron chi connectivity index (χ2n) is 5.92. The van der Waals surface area contributed by atoms with Gasteiger partial charge in [-0.05, 0) is 51.2 Å². The zero-order chi connectivity index (χ0) is 12.6. The third-order valence-electron chi connectivity index (χ3n) is 4.53. The van der Waals surface area contributed by atoms with Gasteiger partial charge in [-0.3, -0.25) is 0 Å². The Bertz CT molecular complexity index is 263. The molecule has 0 amide bonds. The van der Waals surface area contributed by atoms with E-state index >= 15 is 0 Å². The largest absolute Gasteiger partial charge is 0.312 e. The quantitative estimate of drug-likeness (QED) is 0.608. The first kappa shape index (κ1) is 13.9. The molecule has 0 radical (unpaired) electrons. The predicted octanol–water partition coefficient (Wildman–Crippen LogP) is 2.64. The zero-order valence-corrected chi connectivity index (χ0v) is 11.7. The summed E-state index contributed by atoms with van der Waals surface area (Å²) in [7, 11) is 0. The van der Waals surface area contributed by atoms with Crippen LogP contribution in [0.1, 0.15) is 51.4 Å². The van der Waals surface area contributed by atoms with Crippen LogP contribution >= 0.6 is 0 Å². The number of hydrogen-bond acceptors (Lipinski definition) is 2. The van der Waals surface area contributed by atoms with Crippen molar-refractivity contribution >= 4 is 0 Å². The first-order chi connectivity index (χ1) is 8.90. The summed E-state index contributed by atoms with van der Waals surface area (Å²) in [5.74, 6) is 3.68. The molecule has 0 spiro atoms. The average molecular weight is 248 g/mol. The Hall–Kier alpha value is -0.520. The molecule has 2 nitrogen and oxygen atoms in total. The maximum atomic E-state index is 5.34. The first-order valence-electron chi connectivity index (χ1n) is 7.79. The Kier molecular flexibility index (Phi) is 6.04. The number of nitrogens with one attached hydrogen (secondary N) is 1. The summed E-state index contributed by atoms with van der Waals surface area (Å²) >= 11 is 0. The van der Waals surface area contributed by atoms with E-state index in [4.69, 9.17) is 6.42 Å². The molecule has 18 heavy (non-hydrogen) atoms. The van der Waals surface area contributed by atoms with Crippen molar-refractivity contribution in [2.45, 2.75) is 57.4 Å². The van der Waals surface area contributed by atoms with Crippen LogP contribution in [0.5, 0.6) is 0 Å². The fourth-order valence-corrected chi connectivity index (χ4v) is 3.48. The normalized spacial score (nSPS) is 27.6. The SMILES string of the molecule is C#CCCCN1CCCNC(C2CCCCC2)C1. The summed E-state index contributed by atoms with van der Waals surface area (Å²) in [4.78, 5) is 2.64. The van der Waals surface area contributed by atoms with Gasteiger partial charge < -0.3 is 10.2 Å². The standard InChI is InChI=1S/C16H28N2/c1-2-3-7-12-18-13-8-11-17-16(14-18)15-9-5-4-6-10-15/h1,15-17H,3-14H2. The van der Waals surface area contributed by atoms with Crippen molar-refractivity contribution in [3.8, 4) is 12.3 Å². The molecule has 1 aliphatic heterocycles. The molecule has 1 atom stereocenters. The van der Waals surface area contributed by atoms with E-state index in [1.165, 1.54) is 64.7 Å². The molecule has 0 aromatic heterocycles. The molecule has 0 aromatic carbocycles. The Morgan fingerprint density at radius 2 is 2.00 bits per heavy atom. The van der Waals surface area contributed by atoms with Gasteiger partial charge in [0.15, 0.2) is 0 Å². The molecular weight excluding hydrogens is 220 g/mol. The van der Waals surface area contributed by atoms with Gasteiger partial charge in [-0.1, -0.05) is 19.3 Å². The summed E-state index contributed by atoms with van der Waals surface area (Å²) in [5, 5.41) is 3.79. The van der Waals surface area contributed by atoms with Crippen LogP contribution < -0.4 is 5.32 Å². The molecule has 1 saturated heterocycles. The van der Waals surface area contributed by atoms with Gasteiger partial charge in [-0.15, -0.1) is 12.3 Å². The Morgan fingerprint density at radius 3 is 2.78 bits per heavy atom. The highest BCUT2D eigenvalue weighted by Gasteiger charge is 2.26. The topological polar surface area (TPSA) is 15.3 Å². The average Bonchev–Trinajstić information content (AvgIpc) is 2.66. The predicted molar refractivity (Wildman–Crippen MR) is 77.5 cm³/mol. The second kappa shape index (κ2) is 7.81. The molecule has 2 aliphatic rings. The van der Waals surface area contributed by atoms with Crippen molar-refractivity contribution in [3.63, 3.8) is 0 Å². The van der Waals surface area contributed by atoms with Gasteiger partial charge in [0, 0.05) is 19.0 Å². The highest BCUT2D eigenvalue weighted by Crippen LogP contribution is 2.27. The molecule has 1 N–H and O–H groups in total. The molecule has 2 heteroatoms. The third-order valence-corrected chi connectivity index (χ3v) is 4.53. The number of rotatable bonds is 4. The highest BCUT2D eigenvalue weighted by molar-refractivity contribution is 4.86. The van der Waals surface area contributed by atoms with Crippen LogP contribution in [-0.4, -0.2) is 37.1 Å². The number of hydrogen-bond donors (Lipinski definition) is 1. The van der Waals surface area contributed by atoms with E-state index in [0.29, 0.717) is 0 Å². The van der Waals surface area contributed by atoms with Crippen molar-refractivity contribution in [2.75, 3.05) is 26.2 Å². The molecule has 2 rings (SSSR count). The minimum absolute atomic E-state index is 0.735. The monoisotopic (exact) mass is 248 g/mol. The lowest BCUT2D eigenvalue weighted by Gasteiger charge is -2.32. The molecule has 0 aromatic rings. The molecule has 1 aliphatic carbocycles. The summed E-state index contributed by atoms with van der Waals surface area (Å²) < 4.78 is 0. The lowest BCUT2D eigenvalue weighted by atomic mass is 9.83. The number of nitrogens with zero attached hydrogens (tertiary/aromatic N) is 1. The Morgan fingerprint density at radius 1 is 1.17 bits per heavy atom. The molecule has 102 valence electrons. The van der Waals surface area contributed by atoms with Crippen LogP contribution in [-0.2, 0) is 0 Å². The van der Waals surface area contributed by atoms with Gasteiger partial charge >= 0.3 is 0 Å². The molecule has 2 fully saturated rings. The van der Waals surface area contributed by atoms with Crippen molar-refractivity contribution in [2.24, 2.45) is 5.92 Å². The van der Waals surface area contributed by atoms with Crippen LogP contribution in [0.3, 0.4) is 0 Å². The van der Waals surface area contributed by atoms with E-state index < -0.39 is 0 Å². The number of terminal acetylenes is 1. The van der Waals surface area contributed by atoms with Crippen LogP contribution in [0, 0.1) is 18.3 Å². The second-order valence-corrected chi connectivity index (χ2v) is 5.92. The van der Waals surface area contributed by atoms with Crippen molar-refractivity contribution in [3.05, 3.63) is 0 Å². The minimum atomic E-state index is 0.735. The van der Waals surface area contributed by atoms with Gasteiger partial charge in [0.05, 0.1) is 0 Å². The van der Waals surface area contributed by atoms with Crippen molar-refractivity contribution in [1.29, 1.82) is 0 Å². The Labute approximate surface area is 113 Å². The van der Waals surface area contributed by atoms with Crippen LogP contribution in [0.2, 0.25) is 0 Å². The molecule has 1 unspecified atom stereocenters. The van der Waals surface area contributed by atoms with E-state index in [9.17, 15) is 0 Å². The van der Waals surface area contributed by atoms with Gasteiger partial charge in [-0.25, -0.2) is 0 Å². The van der Waals surface area contributed by atoms with Gasteiger partial charge in [0.2, 0.25) is 0 Å². The lowest BCUT2D eigenvalue weighted by Crippen LogP contribution is -2.43. The maximum Gasteiger partial charge on any atom is 0.0223 e. The minimum Gasteiger partial charge on any atom is -0.312 e. The Balaban J connectivity index is 1.80. The highest BCUT2D eigenvalue weighted by atomic mass is 15.2. The van der Waals surface area contributed by atoms with Crippen LogP contribution in [0.4, 0.5) is 0 Å². The fourth-order valence-electron chi connectivity index (χ4n) is 3.48. The molecule has 0 bridgehead atoms. The third kappa shape index (κ3) is 4.30. The maximum absolute atomic E-state index is 5.34. The molecule has 1 saturated carbocycles. The van der Waals surface area contributed by atoms with E-state index in [-0.39, 0.29) is 0 Å². The summed E-state index contributed by atoms with van der Waals surface area (Å²) in [6, 6.07) is 0.735. The fraction of sp³-hybridized carbons (Fsp3) is 0.875. The van der Waals surface area contributed by atoms with E-state index in [1.807, 2.05) is 0 Å². The summed E-state index contributed by atoms with van der Waals surface area (Å²) in [6.45, 7) is 4.89. The first-order valence-corrected chi connectivity index (χ1v) is 7.79.